The van der Waals surface area contributed by atoms with Crippen LogP contribution < -0.4 is 10.2 Å². The maximum atomic E-state index is 5.61. The van der Waals surface area contributed by atoms with Crippen LogP contribution in [-0.2, 0) is 11.3 Å². The maximum absolute atomic E-state index is 5.61. The first-order valence-electron chi connectivity index (χ1n) is 6.08. The molecule has 1 aromatic heterocycles. The van der Waals surface area contributed by atoms with E-state index in [9.17, 15) is 0 Å². The minimum absolute atomic E-state index is 0.346. The molecular weight excluding hydrogens is 216 g/mol. The van der Waals surface area contributed by atoms with Gasteiger partial charge < -0.3 is 15.0 Å². The van der Waals surface area contributed by atoms with Gasteiger partial charge in [0.05, 0.1) is 24.2 Å². The summed E-state index contributed by atoms with van der Waals surface area (Å²) >= 11 is 0. The van der Waals surface area contributed by atoms with E-state index in [0.717, 1.165) is 37.6 Å². The molecule has 2 heterocycles. The van der Waals surface area contributed by atoms with Gasteiger partial charge in [-0.05, 0) is 19.9 Å². The number of nitrogens with zero attached hydrogens (tertiary/aromatic N) is 3. The van der Waals surface area contributed by atoms with E-state index in [4.69, 9.17) is 4.74 Å². The van der Waals surface area contributed by atoms with E-state index < -0.39 is 0 Å². The first-order valence-corrected chi connectivity index (χ1v) is 6.08. The zero-order valence-corrected chi connectivity index (χ0v) is 10.5. The summed E-state index contributed by atoms with van der Waals surface area (Å²) in [7, 11) is 3.93. The minimum atomic E-state index is 0.346. The van der Waals surface area contributed by atoms with E-state index in [2.05, 4.69) is 20.2 Å². The third-order valence-corrected chi connectivity index (χ3v) is 2.94. The van der Waals surface area contributed by atoms with Crippen LogP contribution in [0, 0.1) is 0 Å². The molecule has 5 nitrogen and oxygen atoms in total. The molecule has 0 amide bonds. The fourth-order valence-electron chi connectivity index (χ4n) is 2.00. The van der Waals surface area contributed by atoms with Gasteiger partial charge in [-0.1, -0.05) is 0 Å². The van der Waals surface area contributed by atoms with E-state index in [1.54, 1.807) is 0 Å². The van der Waals surface area contributed by atoms with Crippen LogP contribution in [0.25, 0.3) is 0 Å². The second-order valence-corrected chi connectivity index (χ2v) is 4.41. The molecule has 94 valence electrons. The van der Waals surface area contributed by atoms with Crippen molar-refractivity contribution in [3.05, 3.63) is 18.1 Å². The number of ether oxygens (including phenoxy) is 1. The van der Waals surface area contributed by atoms with Crippen LogP contribution in [0.1, 0.15) is 18.5 Å². The Hall–Kier alpha value is -1.20. The third-order valence-electron chi connectivity index (χ3n) is 2.94. The summed E-state index contributed by atoms with van der Waals surface area (Å²) in [4.78, 5) is 10.9. The molecule has 2 rings (SSSR count). The van der Waals surface area contributed by atoms with Gasteiger partial charge in [0.2, 0.25) is 0 Å². The standard InChI is InChI=1S/C12H20N4O/c1-13-6-10-7-15-12(8-14-10)16(2)9-11-4-3-5-17-11/h7-8,11,13H,3-6,9H2,1-2H3. The van der Waals surface area contributed by atoms with E-state index in [0.29, 0.717) is 6.10 Å². The topological polar surface area (TPSA) is 50.3 Å². The van der Waals surface area contributed by atoms with Crippen molar-refractivity contribution in [2.75, 3.05) is 32.1 Å². The van der Waals surface area contributed by atoms with Gasteiger partial charge in [0.15, 0.2) is 0 Å². The number of nitrogens with one attached hydrogen (secondary N) is 1. The zero-order valence-electron chi connectivity index (χ0n) is 10.5. The molecule has 1 unspecified atom stereocenters. The summed E-state index contributed by atoms with van der Waals surface area (Å²) in [6.45, 7) is 2.54. The Labute approximate surface area is 102 Å². The Morgan fingerprint density at radius 3 is 2.94 bits per heavy atom. The zero-order chi connectivity index (χ0) is 12.1. The Bertz CT molecular complexity index is 335. The molecule has 0 bridgehead atoms. The quantitative estimate of drug-likeness (QED) is 0.820. The molecule has 1 aromatic rings. The molecule has 0 radical (unpaired) electrons. The Morgan fingerprint density at radius 1 is 1.47 bits per heavy atom. The van der Waals surface area contributed by atoms with Gasteiger partial charge in [0.25, 0.3) is 0 Å². The van der Waals surface area contributed by atoms with Gasteiger partial charge >= 0.3 is 0 Å². The molecule has 1 saturated heterocycles. The van der Waals surface area contributed by atoms with Crippen LogP contribution in [0.5, 0.6) is 0 Å². The van der Waals surface area contributed by atoms with Crippen LogP contribution >= 0.6 is 0 Å². The average Bonchev–Trinajstić information content (AvgIpc) is 2.83. The van der Waals surface area contributed by atoms with Crippen molar-refractivity contribution >= 4 is 5.82 Å². The van der Waals surface area contributed by atoms with Gasteiger partial charge in [-0.15, -0.1) is 0 Å². The highest BCUT2D eigenvalue weighted by Crippen LogP contribution is 2.15. The van der Waals surface area contributed by atoms with Crippen molar-refractivity contribution < 1.29 is 4.74 Å². The third kappa shape index (κ3) is 3.38. The van der Waals surface area contributed by atoms with Gasteiger partial charge in [-0.25, -0.2) is 4.98 Å². The van der Waals surface area contributed by atoms with E-state index >= 15 is 0 Å². The van der Waals surface area contributed by atoms with Crippen LogP contribution in [0.4, 0.5) is 5.82 Å². The highest BCUT2D eigenvalue weighted by molar-refractivity contribution is 5.34. The minimum Gasteiger partial charge on any atom is -0.376 e. The van der Waals surface area contributed by atoms with Gasteiger partial charge in [0.1, 0.15) is 5.82 Å². The van der Waals surface area contributed by atoms with Crippen LogP contribution in [0.3, 0.4) is 0 Å². The Kier molecular flexibility index (Phi) is 4.28. The van der Waals surface area contributed by atoms with Gasteiger partial charge in [-0.3, -0.25) is 4.98 Å². The molecule has 0 spiro atoms. The lowest BCUT2D eigenvalue weighted by Crippen LogP contribution is -2.29. The second kappa shape index (κ2) is 5.93. The normalized spacial score (nSPS) is 19.5. The second-order valence-electron chi connectivity index (χ2n) is 4.41. The lowest BCUT2D eigenvalue weighted by atomic mass is 10.2. The average molecular weight is 236 g/mol. The molecule has 1 N–H and O–H groups in total. The fraction of sp³-hybridized carbons (Fsp3) is 0.667. The molecule has 1 aliphatic heterocycles. The molecule has 1 aliphatic rings. The number of anilines is 1. The number of hydrogen-bond acceptors (Lipinski definition) is 5. The van der Waals surface area contributed by atoms with Crippen molar-refractivity contribution in [2.45, 2.75) is 25.5 Å². The first-order chi connectivity index (χ1) is 8.29. The molecular formula is C12H20N4O. The largest absolute Gasteiger partial charge is 0.376 e. The van der Waals surface area contributed by atoms with Crippen molar-refractivity contribution in [1.29, 1.82) is 0 Å². The van der Waals surface area contributed by atoms with Crippen molar-refractivity contribution in [3.8, 4) is 0 Å². The van der Waals surface area contributed by atoms with Crippen LogP contribution in [0.15, 0.2) is 12.4 Å². The molecule has 0 aromatic carbocycles. The van der Waals surface area contributed by atoms with Gasteiger partial charge in [-0.2, -0.15) is 0 Å². The Morgan fingerprint density at radius 2 is 2.35 bits per heavy atom. The highest BCUT2D eigenvalue weighted by atomic mass is 16.5. The molecule has 1 fully saturated rings. The first kappa shape index (κ1) is 12.3. The summed E-state index contributed by atoms with van der Waals surface area (Å²) in [5, 5.41) is 3.06. The van der Waals surface area contributed by atoms with E-state index in [1.165, 1.54) is 6.42 Å². The number of likely N-dealkylation sites (N-methyl/N-ethyl adjacent to an activating group) is 1. The predicted molar refractivity (Wildman–Crippen MR) is 67.0 cm³/mol. The molecule has 0 saturated carbocycles. The number of hydrogen-bond donors (Lipinski definition) is 1. The van der Waals surface area contributed by atoms with Gasteiger partial charge in [0, 0.05) is 26.7 Å². The monoisotopic (exact) mass is 236 g/mol. The van der Waals surface area contributed by atoms with Crippen LogP contribution in [0.2, 0.25) is 0 Å². The molecule has 1 atom stereocenters. The summed E-state index contributed by atoms with van der Waals surface area (Å²) in [5.41, 5.74) is 0.960. The lowest BCUT2D eigenvalue weighted by molar-refractivity contribution is 0.116. The summed E-state index contributed by atoms with van der Waals surface area (Å²) in [6, 6.07) is 0. The smallest absolute Gasteiger partial charge is 0.146 e. The summed E-state index contributed by atoms with van der Waals surface area (Å²) in [5.74, 6) is 0.903. The summed E-state index contributed by atoms with van der Waals surface area (Å²) in [6.07, 6.45) is 6.30. The summed E-state index contributed by atoms with van der Waals surface area (Å²) < 4.78 is 5.61. The van der Waals surface area contributed by atoms with Crippen molar-refractivity contribution in [2.24, 2.45) is 0 Å². The maximum Gasteiger partial charge on any atom is 0.146 e. The number of rotatable bonds is 5. The highest BCUT2D eigenvalue weighted by Gasteiger charge is 2.18. The number of aromatic nitrogens is 2. The molecule has 17 heavy (non-hydrogen) atoms. The predicted octanol–water partition coefficient (Wildman–Crippen LogP) is 0.811. The molecule has 5 heteroatoms. The SMILES string of the molecule is CNCc1cnc(N(C)CC2CCCO2)cn1. The molecule has 0 aliphatic carbocycles. The van der Waals surface area contributed by atoms with Crippen molar-refractivity contribution in [1.82, 2.24) is 15.3 Å². The fourth-order valence-corrected chi connectivity index (χ4v) is 2.00. The lowest BCUT2D eigenvalue weighted by Gasteiger charge is -2.21. The van der Waals surface area contributed by atoms with E-state index in [-0.39, 0.29) is 0 Å². The Balaban J connectivity index is 1.91. The van der Waals surface area contributed by atoms with Crippen LogP contribution in [-0.4, -0.2) is 43.3 Å². The van der Waals surface area contributed by atoms with Crippen molar-refractivity contribution in [3.63, 3.8) is 0 Å². The van der Waals surface area contributed by atoms with E-state index in [1.807, 2.05) is 26.5 Å².